The predicted molar refractivity (Wildman–Crippen MR) is 78.0 cm³/mol. The fourth-order valence-corrected chi connectivity index (χ4v) is 1.82. The molecule has 2 rings (SSSR count). The molecule has 0 bridgehead atoms. The number of carbonyl (C=O) groups excluding carboxylic acids is 1. The van der Waals surface area contributed by atoms with E-state index < -0.39 is 6.10 Å². The van der Waals surface area contributed by atoms with Gasteiger partial charge in [-0.2, -0.15) is 5.26 Å². The molecule has 2 aromatic carbocycles. The topological polar surface area (TPSA) is 70.3 Å². The zero-order valence-electron chi connectivity index (χ0n) is 11.4. The highest BCUT2D eigenvalue weighted by Crippen LogP contribution is 2.15. The Hall–Kier alpha value is -2.64. The van der Waals surface area contributed by atoms with Crippen LogP contribution < -0.4 is 4.74 Å². The maximum Gasteiger partial charge on any atom is 0.193 e. The number of aliphatic hydroxyl groups excluding tert-OH is 1. The molecule has 2 aromatic rings. The second-order valence-corrected chi connectivity index (χ2v) is 4.55. The van der Waals surface area contributed by atoms with Gasteiger partial charge in [0, 0.05) is 11.1 Å². The van der Waals surface area contributed by atoms with E-state index in [-0.39, 0.29) is 18.8 Å². The van der Waals surface area contributed by atoms with Gasteiger partial charge in [0.15, 0.2) is 5.78 Å². The van der Waals surface area contributed by atoms with Crippen molar-refractivity contribution in [2.24, 2.45) is 0 Å². The molecular weight excluding hydrogens is 266 g/mol. The Balaban J connectivity index is 1.99. The van der Waals surface area contributed by atoms with Gasteiger partial charge in [-0.25, -0.2) is 0 Å². The summed E-state index contributed by atoms with van der Waals surface area (Å²) in [6, 6.07) is 17.6. The van der Waals surface area contributed by atoms with Gasteiger partial charge in [-0.3, -0.25) is 4.79 Å². The molecule has 1 N–H and O–H groups in total. The Morgan fingerprint density at radius 2 is 1.71 bits per heavy atom. The van der Waals surface area contributed by atoms with Gasteiger partial charge in [-0.15, -0.1) is 0 Å². The average Bonchev–Trinajstić information content (AvgIpc) is 2.54. The quantitative estimate of drug-likeness (QED) is 0.826. The first-order chi connectivity index (χ1) is 10.2. The zero-order chi connectivity index (χ0) is 15.1. The summed E-state index contributed by atoms with van der Waals surface area (Å²) in [7, 11) is 0. The number of ether oxygens (including phenoxy) is 1. The van der Waals surface area contributed by atoms with E-state index in [2.05, 4.69) is 0 Å². The minimum atomic E-state index is -0.805. The highest BCUT2D eigenvalue weighted by molar-refractivity contribution is 6.08. The molecule has 0 spiro atoms. The zero-order valence-corrected chi connectivity index (χ0v) is 11.4. The molecule has 1 atom stereocenters. The summed E-state index contributed by atoms with van der Waals surface area (Å²) < 4.78 is 5.35. The summed E-state index contributed by atoms with van der Waals surface area (Å²) in [5.74, 6) is 0.503. The Kier molecular flexibility index (Phi) is 5.08. The van der Waals surface area contributed by atoms with E-state index in [4.69, 9.17) is 10.00 Å². The molecule has 4 heteroatoms. The van der Waals surface area contributed by atoms with E-state index in [1.54, 1.807) is 36.4 Å². The summed E-state index contributed by atoms with van der Waals surface area (Å²) in [5.41, 5.74) is 1.21. The molecule has 0 aromatic heterocycles. The standard InChI is InChI=1S/C17H15NO3/c18-11-10-15(19)12-21-16-8-6-14(7-9-16)17(20)13-4-2-1-3-5-13/h1-9,15,19H,10,12H2/t15-/m0/s1. The van der Waals surface area contributed by atoms with Gasteiger partial charge in [0.1, 0.15) is 18.5 Å². The van der Waals surface area contributed by atoms with Gasteiger partial charge >= 0.3 is 0 Å². The van der Waals surface area contributed by atoms with Crippen molar-refractivity contribution in [1.29, 1.82) is 5.26 Å². The molecule has 0 fully saturated rings. The number of benzene rings is 2. The van der Waals surface area contributed by atoms with E-state index in [9.17, 15) is 9.90 Å². The minimum Gasteiger partial charge on any atom is -0.491 e. The Morgan fingerprint density at radius 1 is 1.10 bits per heavy atom. The van der Waals surface area contributed by atoms with E-state index in [1.807, 2.05) is 24.3 Å². The molecule has 0 saturated carbocycles. The van der Waals surface area contributed by atoms with Crippen LogP contribution in [0.25, 0.3) is 0 Å². The summed E-state index contributed by atoms with van der Waals surface area (Å²) in [6.07, 6.45) is -0.773. The maximum atomic E-state index is 12.2. The van der Waals surface area contributed by atoms with Crippen molar-refractivity contribution < 1.29 is 14.6 Å². The molecule has 0 aliphatic rings. The summed E-state index contributed by atoms with van der Waals surface area (Å²) in [5, 5.41) is 17.8. The molecule has 0 saturated heterocycles. The number of nitriles is 1. The molecule has 0 radical (unpaired) electrons. The van der Waals surface area contributed by atoms with E-state index in [0.29, 0.717) is 16.9 Å². The number of hydrogen-bond donors (Lipinski definition) is 1. The molecule has 106 valence electrons. The van der Waals surface area contributed by atoms with Crippen molar-refractivity contribution >= 4 is 5.78 Å². The van der Waals surface area contributed by atoms with Crippen molar-refractivity contribution in [2.45, 2.75) is 12.5 Å². The number of nitrogens with zero attached hydrogens (tertiary/aromatic N) is 1. The minimum absolute atomic E-state index is 0.0323. The normalized spacial score (nSPS) is 11.4. The SMILES string of the molecule is N#CC[C@H](O)COc1ccc(C(=O)c2ccccc2)cc1. The van der Waals surface area contributed by atoms with Gasteiger partial charge in [0.2, 0.25) is 0 Å². The van der Waals surface area contributed by atoms with Crippen molar-refractivity contribution in [3.8, 4) is 11.8 Å². The lowest BCUT2D eigenvalue weighted by Gasteiger charge is -2.09. The smallest absolute Gasteiger partial charge is 0.193 e. The van der Waals surface area contributed by atoms with E-state index in [1.165, 1.54) is 0 Å². The monoisotopic (exact) mass is 281 g/mol. The van der Waals surface area contributed by atoms with Crippen molar-refractivity contribution in [3.63, 3.8) is 0 Å². The Morgan fingerprint density at radius 3 is 2.33 bits per heavy atom. The lowest BCUT2D eigenvalue weighted by Crippen LogP contribution is -2.16. The molecule has 4 nitrogen and oxygen atoms in total. The lowest BCUT2D eigenvalue weighted by molar-refractivity contribution is 0.103. The number of rotatable bonds is 6. The van der Waals surface area contributed by atoms with Gasteiger partial charge in [-0.1, -0.05) is 30.3 Å². The molecule has 0 aliphatic carbocycles. The van der Waals surface area contributed by atoms with Crippen LogP contribution >= 0.6 is 0 Å². The predicted octanol–water partition coefficient (Wildman–Crippen LogP) is 2.57. The number of ketones is 1. The highest BCUT2D eigenvalue weighted by atomic mass is 16.5. The molecule has 0 aliphatic heterocycles. The summed E-state index contributed by atoms with van der Waals surface area (Å²) in [6.45, 7) is 0.0551. The largest absolute Gasteiger partial charge is 0.491 e. The highest BCUT2D eigenvalue weighted by Gasteiger charge is 2.09. The fraction of sp³-hybridized carbons (Fsp3) is 0.176. The van der Waals surface area contributed by atoms with Crippen molar-refractivity contribution in [3.05, 3.63) is 65.7 Å². The average molecular weight is 281 g/mol. The van der Waals surface area contributed by atoms with Gasteiger partial charge in [-0.05, 0) is 24.3 Å². The first-order valence-electron chi connectivity index (χ1n) is 6.58. The first kappa shape index (κ1) is 14.8. The number of carbonyl (C=O) groups is 1. The molecule has 0 unspecified atom stereocenters. The van der Waals surface area contributed by atoms with Gasteiger partial charge < -0.3 is 9.84 Å². The van der Waals surface area contributed by atoms with E-state index >= 15 is 0 Å². The molecule has 0 heterocycles. The number of aliphatic hydroxyl groups is 1. The molecule has 0 amide bonds. The van der Waals surface area contributed by atoms with Gasteiger partial charge in [0.25, 0.3) is 0 Å². The van der Waals surface area contributed by atoms with Crippen LogP contribution in [0.3, 0.4) is 0 Å². The molecular formula is C17H15NO3. The van der Waals surface area contributed by atoms with Crippen LogP contribution in [0.1, 0.15) is 22.3 Å². The number of hydrogen-bond acceptors (Lipinski definition) is 4. The fourth-order valence-electron chi connectivity index (χ4n) is 1.82. The van der Waals surface area contributed by atoms with Crippen molar-refractivity contribution in [2.75, 3.05) is 6.61 Å². The second-order valence-electron chi connectivity index (χ2n) is 4.55. The van der Waals surface area contributed by atoms with Crippen LogP contribution in [0.4, 0.5) is 0 Å². The first-order valence-corrected chi connectivity index (χ1v) is 6.58. The van der Waals surface area contributed by atoms with Crippen molar-refractivity contribution in [1.82, 2.24) is 0 Å². The van der Waals surface area contributed by atoms with Crippen LogP contribution in [0.2, 0.25) is 0 Å². The van der Waals surface area contributed by atoms with Crippen LogP contribution in [0.15, 0.2) is 54.6 Å². The van der Waals surface area contributed by atoms with Crippen LogP contribution in [0, 0.1) is 11.3 Å². The Labute approximate surface area is 123 Å². The Bertz CT molecular complexity index is 629. The van der Waals surface area contributed by atoms with Gasteiger partial charge in [0.05, 0.1) is 12.5 Å². The third kappa shape index (κ3) is 4.16. The molecule has 21 heavy (non-hydrogen) atoms. The summed E-state index contributed by atoms with van der Waals surface area (Å²) in [4.78, 5) is 12.2. The van der Waals surface area contributed by atoms with Crippen LogP contribution in [0.5, 0.6) is 5.75 Å². The van der Waals surface area contributed by atoms with Crippen LogP contribution in [-0.4, -0.2) is 23.6 Å². The maximum absolute atomic E-state index is 12.2. The lowest BCUT2D eigenvalue weighted by atomic mass is 10.0. The van der Waals surface area contributed by atoms with Crippen LogP contribution in [-0.2, 0) is 0 Å². The third-order valence-electron chi connectivity index (χ3n) is 2.92. The summed E-state index contributed by atoms with van der Waals surface area (Å²) >= 11 is 0. The third-order valence-corrected chi connectivity index (χ3v) is 2.92. The second kappa shape index (κ2) is 7.22. The van der Waals surface area contributed by atoms with E-state index in [0.717, 1.165) is 0 Å².